The van der Waals surface area contributed by atoms with E-state index in [1.54, 1.807) is 30.7 Å². The van der Waals surface area contributed by atoms with Crippen LogP contribution < -0.4 is 15.6 Å². The molecule has 0 radical (unpaired) electrons. The van der Waals surface area contributed by atoms with Gasteiger partial charge in [0.15, 0.2) is 28.5 Å². The molecule has 2 aromatic carbocycles. The van der Waals surface area contributed by atoms with Gasteiger partial charge in [0, 0.05) is 53.7 Å². The highest BCUT2D eigenvalue weighted by atomic mass is 19.1. The molecule has 6 rings (SSSR count). The van der Waals surface area contributed by atoms with Gasteiger partial charge in [-0.05, 0) is 66.2 Å². The molecule has 0 bridgehead atoms. The summed E-state index contributed by atoms with van der Waals surface area (Å²) in [5.74, 6) is -0.934. The first-order valence-electron chi connectivity index (χ1n) is 13.3. The number of halogens is 2. The molecule has 0 saturated heterocycles. The largest absolute Gasteiger partial charge is 0.451 e. The summed E-state index contributed by atoms with van der Waals surface area (Å²) in [6, 6.07) is 15.7. The van der Waals surface area contributed by atoms with Gasteiger partial charge in [-0.3, -0.25) is 19.1 Å². The maximum Gasteiger partial charge on any atom is 0.267 e. The van der Waals surface area contributed by atoms with Crippen molar-refractivity contribution in [2.45, 2.75) is 19.8 Å². The van der Waals surface area contributed by atoms with Gasteiger partial charge in [-0.2, -0.15) is 0 Å². The summed E-state index contributed by atoms with van der Waals surface area (Å²) in [6.07, 6.45) is 6.36. The number of nitrogens with one attached hydrogen (secondary N) is 2. The molecule has 0 saturated carbocycles. The minimum absolute atomic E-state index is 0.0930. The number of hydrogen-bond acceptors (Lipinski definition) is 6. The highest BCUT2D eigenvalue weighted by molar-refractivity contribution is 6.04. The molecule has 4 heterocycles. The van der Waals surface area contributed by atoms with Crippen LogP contribution in [0.25, 0.3) is 28.0 Å². The topological polar surface area (TPSA) is 115 Å². The van der Waals surface area contributed by atoms with E-state index >= 15 is 4.39 Å². The summed E-state index contributed by atoms with van der Waals surface area (Å²) < 4.78 is 36.1. The van der Waals surface area contributed by atoms with Crippen molar-refractivity contribution in [2.24, 2.45) is 0 Å². The van der Waals surface area contributed by atoms with E-state index in [0.29, 0.717) is 34.0 Å². The lowest BCUT2D eigenvalue weighted by atomic mass is 10.1. The molecule has 0 unspecified atom stereocenters. The van der Waals surface area contributed by atoms with Crippen molar-refractivity contribution in [3.63, 3.8) is 0 Å². The van der Waals surface area contributed by atoms with Gasteiger partial charge in [-0.25, -0.2) is 18.7 Å². The van der Waals surface area contributed by atoms with Crippen LogP contribution in [0, 0.1) is 11.6 Å². The number of ether oxygens (including phenoxy) is 1. The van der Waals surface area contributed by atoms with Crippen molar-refractivity contribution >= 4 is 22.8 Å². The summed E-state index contributed by atoms with van der Waals surface area (Å²) in [5, 5.41) is 2.56. The Morgan fingerprint density at radius 1 is 1.02 bits per heavy atom. The van der Waals surface area contributed by atoms with E-state index in [1.807, 2.05) is 13.8 Å². The number of nitrogens with zero attached hydrogens (tertiary/aromatic N) is 4. The van der Waals surface area contributed by atoms with Crippen LogP contribution >= 0.6 is 0 Å². The number of H-pyrrole nitrogens is 1. The molecule has 0 aliphatic carbocycles. The molecule has 11 heteroatoms. The first-order valence-corrected chi connectivity index (χ1v) is 13.3. The molecule has 1 amide bonds. The number of pyridine rings is 3. The third-order valence-corrected chi connectivity index (χ3v) is 6.72. The molecule has 43 heavy (non-hydrogen) atoms. The van der Waals surface area contributed by atoms with E-state index in [4.69, 9.17) is 4.74 Å². The molecule has 0 atom stereocenters. The first-order chi connectivity index (χ1) is 20.8. The monoisotopic (exact) mass is 578 g/mol. The number of fused-ring (bicyclic) bond motifs is 1. The third-order valence-electron chi connectivity index (χ3n) is 6.72. The van der Waals surface area contributed by atoms with Gasteiger partial charge >= 0.3 is 0 Å². The Bertz CT molecular complexity index is 2020. The summed E-state index contributed by atoms with van der Waals surface area (Å²) in [7, 11) is 0. The van der Waals surface area contributed by atoms with E-state index in [1.165, 1.54) is 59.3 Å². The van der Waals surface area contributed by atoms with E-state index in [9.17, 15) is 14.0 Å². The summed E-state index contributed by atoms with van der Waals surface area (Å²) >= 11 is 0. The minimum Gasteiger partial charge on any atom is -0.451 e. The average molecular weight is 579 g/mol. The first kappa shape index (κ1) is 27.5. The number of rotatable bonds is 7. The van der Waals surface area contributed by atoms with Gasteiger partial charge in [0.2, 0.25) is 0 Å². The van der Waals surface area contributed by atoms with Crippen molar-refractivity contribution in [2.75, 3.05) is 5.32 Å². The van der Waals surface area contributed by atoms with E-state index in [0.717, 1.165) is 11.6 Å². The Hall–Kier alpha value is -5.71. The van der Waals surface area contributed by atoms with Crippen LogP contribution in [0.5, 0.6) is 11.5 Å². The quantitative estimate of drug-likeness (QED) is 0.220. The Kier molecular flexibility index (Phi) is 7.21. The smallest absolute Gasteiger partial charge is 0.267 e. The minimum atomic E-state index is -0.750. The van der Waals surface area contributed by atoms with Crippen molar-refractivity contribution in [3.05, 3.63) is 125 Å². The molecule has 0 aliphatic rings. The lowest BCUT2D eigenvalue weighted by Gasteiger charge is -2.13. The van der Waals surface area contributed by atoms with Crippen molar-refractivity contribution in [1.29, 1.82) is 0 Å². The maximum atomic E-state index is 15.4. The molecule has 6 aromatic rings. The Morgan fingerprint density at radius 2 is 1.79 bits per heavy atom. The van der Waals surface area contributed by atoms with E-state index in [2.05, 4.69) is 25.3 Å². The Labute approximate surface area is 243 Å². The van der Waals surface area contributed by atoms with Crippen LogP contribution in [-0.4, -0.2) is 30.4 Å². The van der Waals surface area contributed by atoms with Crippen LogP contribution in [-0.2, 0) is 0 Å². The zero-order valence-electron chi connectivity index (χ0n) is 23.0. The van der Waals surface area contributed by atoms with Crippen LogP contribution in [0.3, 0.4) is 0 Å². The number of anilines is 1. The zero-order chi connectivity index (χ0) is 30.1. The number of amides is 1. The maximum absolute atomic E-state index is 15.4. The number of carbonyl (C=O) groups is 1. The van der Waals surface area contributed by atoms with Crippen molar-refractivity contribution in [3.8, 4) is 28.3 Å². The van der Waals surface area contributed by atoms with Crippen LogP contribution in [0.15, 0.2) is 96.3 Å². The molecule has 0 fully saturated rings. The highest BCUT2D eigenvalue weighted by Gasteiger charge is 2.20. The highest BCUT2D eigenvalue weighted by Crippen LogP contribution is 2.39. The summed E-state index contributed by atoms with van der Waals surface area (Å²) in [6.45, 7) is 3.98. The number of benzene rings is 2. The zero-order valence-corrected chi connectivity index (χ0v) is 23.0. The molecular weight excluding hydrogens is 554 g/mol. The van der Waals surface area contributed by atoms with E-state index < -0.39 is 23.1 Å². The number of aromatic nitrogens is 5. The third kappa shape index (κ3) is 5.47. The normalized spacial score (nSPS) is 11.2. The van der Waals surface area contributed by atoms with Crippen LogP contribution in [0.2, 0.25) is 0 Å². The molecule has 0 aliphatic heterocycles. The van der Waals surface area contributed by atoms with Crippen LogP contribution in [0.1, 0.15) is 35.9 Å². The fourth-order valence-electron chi connectivity index (χ4n) is 4.50. The van der Waals surface area contributed by atoms with Gasteiger partial charge in [0.05, 0.1) is 0 Å². The Morgan fingerprint density at radius 3 is 2.51 bits per heavy atom. The summed E-state index contributed by atoms with van der Waals surface area (Å²) in [4.78, 5) is 42.4. The fraction of sp³-hybridized carbons (Fsp3) is 0.0938. The molecular formula is C32H24F2N6O3. The second-order valence-electron chi connectivity index (χ2n) is 9.99. The lowest BCUT2D eigenvalue weighted by molar-refractivity contribution is 0.102. The number of carbonyl (C=O) groups excluding carboxylic acids is 1. The number of hydrogen-bond donors (Lipinski definition) is 2. The SMILES string of the molecule is CC(C)c1nc2c(Oc3ccc(NC(=O)c4cccn(-c5ccc(F)cc5)c4=O)cc3F)c(-c3ccncc3)cnc2[nH]1. The molecule has 9 nitrogen and oxygen atoms in total. The van der Waals surface area contributed by atoms with Crippen molar-refractivity contribution in [1.82, 2.24) is 24.5 Å². The van der Waals surface area contributed by atoms with E-state index in [-0.39, 0.29) is 22.9 Å². The lowest BCUT2D eigenvalue weighted by Crippen LogP contribution is -2.27. The van der Waals surface area contributed by atoms with Gasteiger partial charge in [-0.15, -0.1) is 0 Å². The van der Waals surface area contributed by atoms with Gasteiger partial charge < -0.3 is 15.0 Å². The average Bonchev–Trinajstić information content (AvgIpc) is 3.45. The molecule has 4 aromatic heterocycles. The molecule has 2 N–H and O–H groups in total. The number of imidazole rings is 1. The second kappa shape index (κ2) is 11.3. The van der Waals surface area contributed by atoms with Gasteiger partial charge in [0.1, 0.15) is 17.2 Å². The molecule has 214 valence electrons. The molecule has 0 spiro atoms. The van der Waals surface area contributed by atoms with Crippen molar-refractivity contribution < 1.29 is 18.3 Å². The second-order valence-corrected chi connectivity index (χ2v) is 9.99. The summed E-state index contributed by atoms with van der Waals surface area (Å²) in [5.41, 5.74) is 2.00. The standard InChI is InChI=1S/C32H24F2N6O3/c1-18(2)29-38-27-28(24(17-36-30(27)39-29)19-11-13-35-14-12-19)43-26-10-7-21(16-25(26)34)37-31(41)23-4-3-15-40(32(23)42)22-8-5-20(33)6-9-22/h3-18H,1-2H3,(H,37,41)(H,36,38,39). The predicted molar refractivity (Wildman–Crippen MR) is 158 cm³/mol. The Balaban J connectivity index is 1.30. The van der Waals surface area contributed by atoms with Gasteiger partial charge in [-0.1, -0.05) is 13.8 Å². The van der Waals surface area contributed by atoms with Gasteiger partial charge in [0.25, 0.3) is 11.5 Å². The fourth-order valence-corrected chi connectivity index (χ4v) is 4.50. The van der Waals surface area contributed by atoms with Crippen LogP contribution in [0.4, 0.5) is 14.5 Å². The predicted octanol–water partition coefficient (Wildman–Crippen LogP) is 6.62. The number of aromatic amines is 1.